The van der Waals surface area contributed by atoms with E-state index < -0.39 is 23.4 Å². The maximum Gasteiger partial charge on any atom is 0.329 e. The number of amides is 2. The molecular weight excluding hydrogens is 263 g/mol. The maximum atomic E-state index is 13.0. The lowest BCUT2D eigenvalue weighted by Gasteiger charge is -2.28. The van der Waals surface area contributed by atoms with Gasteiger partial charge in [0.25, 0.3) is 0 Å². The SMILES string of the molecule is CCC(CC)(NC(=O)Nc1ccc(F)cc1C)C(=O)O. The van der Waals surface area contributed by atoms with Gasteiger partial charge in [0.1, 0.15) is 11.4 Å². The number of carbonyl (C=O) groups excluding carboxylic acids is 1. The Kier molecular flexibility index (Phi) is 5.07. The van der Waals surface area contributed by atoms with Crippen LogP contribution in [-0.4, -0.2) is 22.6 Å². The Morgan fingerprint density at radius 1 is 1.30 bits per heavy atom. The van der Waals surface area contributed by atoms with Crippen molar-refractivity contribution in [3.8, 4) is 0 Å². The van der Waals surface area contributed by atoms with Gasteiger partial charge in [-0.1, -0.05) is 13.8 Å². The van der Waals surface area contributed by atoms with Gasteiger partial charge in [0, 0.05) is 5.69 Å². The molecule has 110 valence electrons. The van der Waals surface area contributed by atoms with E-state index in [1.165, 1.54) is 18.2 Å². The zero-order chi connectivity index (χ0) is 15.3. The van der Waals surface area contributed by atoms with Gasteiger partial charge in [0.15, 0.2) is 0 Å². The van der Waals surface area contributed by atoms with Crippen LogP contribution in [0.1, 0.15) is 32.3 Å². The van der Waals surface area contributed by atoms with Gasteiger partial charge in [0.2, 0.25) is 0 Å². The molecule has 1 rings (SSSR count). The van der Waals surface area contributed by atoms with Crippen molar-refractivity contribution in [1.29, 1.82) is 0 Å². The standard InChI is InChI=1S/C14H19FN2O3/c1-4-14(5-2,12(18)19)17-13(20)16-11-7-6-10(15)8-9(11)3/h6-8H,4-5H2,1-3H3,(H,18,19)(H2,16,17,20). The minimum absolute atomic E-state index is 0.272. The summed E-state index contributed by atoms with van der Waals surface area (Å²) in [7, 11) is 0. The van der Waals surface area contributed by atoms with Crippen LogP contribution in [0, 0.1) is 12.7 Å². The van der Waals surface area contributed by atoms with Gasteiger partial charge in [0.05, 0.1) is 0 Å². The molecule has 1 aromatic rings. The molecule has 0 saturated heterocycles. The van der Waals surface area contributed by atoms with Gasteiger partial charge >= 0.3 is 12.0 Å². The van der Waals surface area contributed by atoms with Crippen molar-refractivity contribution in [2.24, 2.45) is 0 Å². The zero-order valence-electron chi connectivity index (χ0n) is 11.8. The van der Waals surface area contributed by atoms with E-state index in [1.54, 1.807) is 20.8 Å². The monoisotopic (exact) mass is 282 g/mol. The Morgan fingerprint density at radius 2 is 1.90 bits per heavy atom. The van der Waals surface area contributed by atoms with E-state index in [4.69, 9.17) is 0 Å². The molecule has 5 nitrogen and oxygen atoms in total. The summed E-state index contributed by atoms with van der Waals surface area (Å²) in [6.45, 7) is 5.05. The van der Waals surface area contributed by atoms with Crippen molar-refractivity contribution in [3.05, 3.63) is 29.6 Å². The minimum atomic E-state index is -1.29. The van der Waals surface area contributed by atoms with Crippen molar-refractivity contribution >= 4 is 17.7 Å². The summed E-state index contributed by atoms with van der Waals surface area (Å²) in [6, 6.07) is 3.34. The third kappa shape index (κ3) is 3.46. The Labute approximate surface area is 117 Å². The Hall–Kier alpha value is -2.11. The highest BCUT2D eigenvalue weighted by molar-refractivity contribution is 5.94. The van der Waals surface area contributed by atoms with Crippen LogP contribution in [0.2, 0.25) is 0 Å². The van der Waals surface area contributed by atoms with E-state index in [9.17, 15) is 19.1 Å². The van der Waals surface area contributed by atoms with Crippen molar-refractivity contribution in [2.45, 2.75) is 39.2 Å². The zero-order valence-corrected chi connectivity index (χ0v) is 11.8. The largest absolute Gasteiger partial charge is 0.480 e. The highest BCUT2D eigenvalue weighted by atomic mass is 19.1. The van der Waals surface area contributed by atoms with Gasteiger partial charge in [-0.3, -0.25) is 0 Å². The van der Waals surface area contributed by atoms with E-state index in [0.29, 0.717) is 11.3 Å². The molecule has 0 atom stereocenters. The first-order valence-corrected chi connectivity index (χ1v) is 6.43. The molecule has 0 unspecified atom stereocenters. The molecule has 0 aliphatic rings. The number of rotatable bonds is 5. The Morgan fingerprint density at radius 3 is 2.35 bits per heavy atom. The molecule has 0 aliphatic carbocycles. The number of nitrogens with one attached hydrogen (secondary N) is 2. The number of hydrogen-bond acceptors (Lipinski definition) is 2. The topological polar surface area (TPSA) is 78.4 Å². The first kappa shape index (κ1) is 15.9. The van der Waals surface area contributed by atoms with Crippen LogP contribution >= 0.6 is 0 Å². The van der Waals surface area contributed by atoms with Crippen LogP contribution in [0.15, 0.2) is 18.2 Å². The van der Waals surface area contributed by atoms with Gasteiger partial charge in [-0.2, -0.15) is 0 Å². The molecule has 0 fully saturated rings. The number of urea groups is 1. The van der Waals surface area contributed by atoms with Crippen LogP contribution in [0.25, 0.3) is 0 Å². The molecule has 0 radical (unpaired) electrons. The number of anilines is 1. The average molecular weight is 282 g/mol. The van der Waals surface area contributed by atoms with Gasteiger partial charge < -0.3 is 15.7 Å². The average Bonchev–Trinajstić information content (AvgIpc) is 2.39. The second-order valence-electron chi connectivity index (χ2n) is 4.63. The van der Waals surface area contributed by atoms with Crippen molar-refractivity contribution in [3.63, 3.8) is 0 Å². The van der Waals surface area contributed by atoms with E-state index in [-0.39, 0.29) is 12.8 Å². The van der Waals surface area contributed by atoms with Crippen molar-refractivity contribution in [2.75, 3.05) is 5.32 Å². The molecule has 0 bridgehead atoms. The second kappa shape index (κ2) is 6.36. The molecule has 1 aromatic carbocycles. The summed E-state index contributed by atoms with van der Waals surface area (Å²) in [5.74, 6) is -1.47. The number of carbonyl (C=O) groups is 2. The summed E-state index contributed by atoms with van der Waals surface area (Å²) in [5, 5.41) is 14.3. The molecule has 0 spiro atoms. The molecule has 20 heavy (non-hydrogen) atoms. The van der Waals surface area contributed by atoms with Gasteiger partial charge in [-0.25, -0.2) is 14.0 Å². The first-order chi connectivity index (χ1) is 9.34. The third-order valence-corrected chi connectivity index (χ3v) is 3.41. The normalized spacial score (nSPS) is 11.0. The van der Waals surface area contributed by atoms with E-state index in [2.05, 4.69) is 10.6 Å². The van der Waals surface area contributed by atoms with Gasteiger partial charge in [-0.05, 0) is 43.5 Å². The highest BCUT2D eigenvalue weighted by Gasteiger charge is 2.36. The lowest BCUT2D eigenvalue weighted by molar-refractivity contribution is -0.144. The van der Waals surface area contributed by atoms with Crippen molar-refractivity contribution in [1.82, 2.24) is 5.32 Å². The summed E-state index contributed by atoms with van der Waals surface area (Å²) in [5.41, 5.74) is -0.289. The van der Waals surface area contributed by atoms with E-state index >= 15 is 0 Å². The number of benzene rings is 1. The number of carboxylic acid groups (broad SMARTS) is 1. The lowest BCUT2D eigenvalue weighted by Crippen LogP contribution is -2.55. The number of hydrogen-bond donors (Lipinski definition) is 3. The van der Waals surface area contributed by atoms with Gasteiger partial charge in [-0.15, -0.1) is 0 Å². The smallest absolute Gasteiger partial charge is 0.329 e. The molecular formula is C14H19FN2O3. The first-order valence-electron chi connectivity index (χ1n) is 6.43. The molecule has 2 amide bonds. The fourth-order valence-electron chi connectivity index (χ4n) is 1.92. The molecule has 0 heterocycles. The maximum absolute atomic E-state index is 13.0. The van der Waals surface area contributed by atoms with Crippen molar-refractivity contribution < 1.29 is 19.1 Å². The van der Waals surface area contributed by atoms with Crippen LogP contribution in [0.3, 0.4) is 0 Å². The van der Waals surface area contributed by atoms with Crippen LogP contribution in [0.5, 0.6) is 0 Å². The predicted octanol–water partition coefficient (Wildman–Crippen LogP) is 2.90. The van der Waals surface area contributed by atoms with E-state index in [1.807, 2.05) is 0 Å². The highest BCUT2D eigenvalue weighted by Crippen LogP contribution is 2.18. The minimum Gasteiger partial charge on any atom is -0.480 e. The summed E-state index contributed by atoms with van der Waals surface area (Å²) >= 11 is 0. The molecule has 3 N–H and O–H groups in total. The van der Waals surface area contributed by atoms with Crippen LogP contribution in [0.4, 0.5) is 14.9 Å². The number of aliphatic carboxylic acids is 1. The fourth-order valence-corrected chi connectivity index (χ4v) is 1.92. The summed E-state index contributed by atoms with van der Waals surface area (Å²) in [6.07, 6.45) is 0.545. The van der Waals surface area contributed by atoms with Crippen LogP contribution < -0.4 is 10.6 Å². The number of carboxylic acids is 1. The number of aryl methyl sites for hydroxylation is 1. The molecule has 0 aliphatic heterocycles. The van der Waals surface area contributed by atoms with E-state index in [0.717, 1.165) is 0 Å². The lowest BCUT2D eigenvalue weighted by atomic mass is 9.93. The molecule has 0 saturated carbocycles. The Bertz CT molecular complexity index is 513. The molecule has 6 heteroatoms. The molecule has 0 aromatic heterocycles. The summed E-state index contributed by atoms with van der Waals surface area (Å²) < 4.78 is 13.0. The number of halogens is 1. The fraction of sp³-hybridized carbons (Fsp3) is 0.429. The Balaban J connectivity index is 2.83. The quantitative estimate of drug-likeness (QED) is 0.777. The second-order valence-corrected chi connectivity index (χ2v) is 4.63. The predicted molar refractivity (Wildman–Crippen MR) is 74.2 cm³/mol. The summed E-state index contributed by atoms with van der Waals surface area (Å²) in [4.78, 5) is 23.2. The van der Waals surface area contributed by atoms with Crippen LogP contribution in [-0.2, 0) is 4.79 Å². The third-order valence-electron chi connectivity index (χ3n) is 3.41.